The zero-order chi connectivity index (χ0) is 16.9. The maximum atomic E-state index is 12.5. The average Bonchev–Trinajstić information content (AvgIpc) is 2.59. The maximum Gasteiger partial charge on any atom is 0.410 e. The van der Waals surface area contributed by atoms with Gasteiger partial charge in [0.25, 0.3) is 0 Å². The van der Waals surface area contributed by atoms with E-state index in [0.29, 0.717) is 13.1 Å². The van der Waals surface area contributed by atoms with Gasteiger partial charge in [-0.3, -0.25) is 4.79 Å². The molecule has 0 spiro atoms. The first-order chi connectivity index (χ1) is 11.6. The molecule has 25 heavy (non-hydrogen) atoms. The van der Waals surface area contributed by atoms with Crippen molar-refractivity contribution in [2.45, 2.75) is 25.5 Å². The largest absolute Gasteiger partial charge is 0.445 e. The Hall–Kier alpha value is -1.79. The number of likely N-dealkylation sites (N-methyl/N-ethyl adjacent to an activating group) is 1. The van der Waals surface area contributed by atoms with Crippen LogP contribution in [0.3, 0.4) is 0 Å². The molecule has 0 aliphatic carbocycles. The summed E-state index contributed by atoms with van der Waals surface area (Å²) in [7, 11) is 1.87. The van der Waals surface area contributed by atoms with E-state index >= 15 is 0 Å². The summed E-state index contributed by atoms with van der Waals surface area (Å²) in [5.41, 5.74) is 0.962. The van der Waals surface area contributed by atoms with E-state index in [2.05, 4.69) is 5.32 Å². The van der Waals surface area contributed by atoms with Crippen molar-refractivity contribution in [2.75, 3.05) is 33.2 Å². The van der Waals surface area contributed by atoms with Gasteiger partial charge in [0.15, 0.2) is 0 Å². The molecule has 2 saturated heterocycles. The zero-order valence-corrected chi connectivity index (χ0v) is 15.3. The van der Waals surface area contributed by atoms with Crippen LogP contribution in [0, 0.1) is 5.92 Å². The minimum atomic E-state index is -0.343. The lowest BCUT2D eigenvalue weighted by Crippen LogP contribution is -2.58. The van der Waals surface area contributed by atoms with E-state index in [1.54, 1.807) is 4.90 Å². The Morgan fingerprint density at radius 3 is 2.64 bits per heavy atom. The molecule has 2 amide bonds. The number of piperidine rings is 1. The molecule has 1 aromatic carbocycles. The fourth-order valence-corrected chi connectivity index (χ4v) is 3.23. The van der Waals surface area contributed by atoms with E-state index in [1.807, 2.05) is 42.3 Å². The van der Waals surface area contributed by atoms with Crippen LogP contribution in [0.2, 0.25) is 0 Å². The normalized spacial score (nSPS) is 20.2. The molecule has 138 valence electrons. The van der Waals surface area contributed by atoms with E-state index in [-0.39, 0.29) is 43.0 Å². The number of rotatable bonds is 4. The van der Waals surface area contributed by atoms with Crippen LogP contribution in [-0.2, 0) is 16.1 Å². The number of nitrogens with one attached hydrogen (secondary N) is 1. The van der Waals surface area contributed by atoms with Crippen molar-refractivity contribution in [2.24, 2.45) is 5.92 Å². The lowest BCUT2D eigenvalue weighted by Gasteiger charge is -2.41. The second-order valence-corrected chi connectivity index (χ2v) is 6.59. The van der Waals surface area contributed by atoms with Crippen molar-refractivity contribution < 1.29 is 14.3 Å². The molecule has 7 heteroatoms. The van der Waals surface area contributed by atoms with E-state index in [9.17, 15) is 9.59 Å². The van der Waals surface area contributed by atoms with Crippen LogP contribution in [0.25, 0.3) is 0 Å². The van der Waals surface area contributed by atoms with Crippen molar-refractivity contribution in [3.05, 3.63) is 35.9 Å². The number of carbonyl (C=O) groups is 2. The van der Waals surface area contributed by atoms with Crippen LogP contribution >= 0.6 is 12.4 Å². The molecular formula is C18H26ClN3O3. The number of ether oxygens (including phenoxy) is 1. The van der Waals surface area contributed by atoms with E-state index < -0.39 is 0 Å². The zero-order valence-electron chi connectivity index (χ0n) is 14.5. The fourth-order valence-electron chi connectivity index (χ4n) is 3.23. The smallest absolute Gasteiger partial charge is 0.410 e. The average molecular weight is 368 g/mol. The molecule has 2 aliphatic heterocycles. The summed E-state index contributed by atoms with van der Waals surface area (Å²) in [6, 6.07) is 9.86. The molecule has 2 heterocycles. The van der Waals surface area contributed by atoms with Crippen molar-refractivity contribution in [3.63, 3.8) is 0 Å². The quantitative estimate of drug-likeness (QED) is 0.882. The number of hydrogen-bond acceptors (Lipinski definition) is 4. The number of halogens is 1. The Morgan fingerprint density at radius 2 is 2.00 bits per heavy atom. The summed E-state index contributed by atoms with van der Waals surface area (Å²) in [6.07, 6.45) is 1.81. The van der Waals surface area contributed by atoms with Gasteiger partial charge in [-0.2, -0.15) is 0 Å². The van der Waals surface area contributed by atoms with E-state index in [0.717, 1.165) is 31.5 Å². The topological polar surface area (TPSA) is 61.9 Å². The van der Waals surface area contributed by atoms with E-state index in [1.165, 1.54) is 0 Å². The Balaban J connectivity index is 0.00000225. The summed E-state index contributed by atoms with van der Waals surface area (Å²) >= 11 is 0. The maximum absolute atomic E-state index is 12.5. The summed E-state index contributed by atoms with van der Waals surface area (Å²) in [5, 5.41) is 3.33. The molecule has 0 bridgehead atoms. The summed E-state index contributed by atoms with van der Waals surface area (Å²) in [5.74, 6) is 0.0389. The van der Waals surface area contributed by atoms with Crippen LogP contribution < -0.4 is 5.32 Å². The highest BCUT2D eigenvalue weighted by Gasteiger charge is 2.39. The number of amides is 2. The third-order valence-electron chi connectivity index (χ3n) is 4.86. The minimum Gasteiger partial charge on any atom is -0.445 e. The molecule has 0 radical (unpaired) electrons. The summed E-state index contributed by atoms with van der Waals surface area (Å²) < 4.78 is 5.29. The summed E-state index contributed by atoms with van der Waals surface area (Å²) in [6.45, 7) is 3.07. The van der Waals surface area contributed by atoms with Gasteiger partial charge < -0.3 is 19.9 Å². The number of carbonyl (C=O) groups excluding carboxylic acids is 2. The van der Waals surface area contributed by atoms with E-state index in [4.69, 9.17) is 4.74 Å². The molecule has 0 aromatic heterocycles. The van der Waals surface area contributed by atoms with Gasteiger partial charge in [-0.1, -0.05) is 30.3 Å². The highest BCUT2D eigenvalue weighted by Crippen LogP contribution is 2.21. The Bertz CT molecular complexity index is 572. The van der Waals surface area contributed by atoms with Gasteiger partial charge in [-0.15, -0.1) is 12.4 Å². The number of benzene rings is 1. The first kappa shape index (κ1) is 19.5. The third kappa shape index (κ3) is 4.86. The van der Waals surface area contributed by atoms with Crippen LogP contribution in [0.4, 0.5) is 4.79 Å². The van der Waals surface area contributed by atoms with Crippen LogP contribution in [-0.4, -0.2) is 61.1 Å². The molecule has 2 aliphatic rings. The van der Waals surface area contributed by atoms with Crippen molar-refractivity contribution >= 4 is 24.4 Å². The predicted molar refractivity (Wildman–Crippen MR) is 97.6 cm³/mol. The Labute approximate surface area is 154 Å². The lowest BCUT2D eigenvalue weighted by atomic mass is 9.97. The van der Waals surface area contributed by atoms with Gasteiger partial charge in [0.1, 0.15) is 6.61 Å². The standard InChI is InChI=1S/C18H25N3O3.ClH/c1-20(16-8-5-9-19-10-16)17(22)15-11-21(12-15)18(23)24-13-14-6-3-2-4-7-14;/h2-4,6-7,15-16,19H,5,8-13H2,1H3;1H/t16-;/m1./s1. The van der Waals surface area contributed by atoms with Gasteiger partial charge in [0.2, 0.25) is 5.91 Å². The number of hydrogen-bond donors (Lipinski definition) is 1. The van der Waals surface area contributed by atoms with Crippen LogP contribution in [0.1, 0.15) is 18.4 Å². The van der Waals surface area contributed by atoms with Gasteiger partial charge >= 0.3 is 6.09 Å². The molecule has 3 rings (SSSR count). The molecule has 1 atom stereocenters. The first-order valence-electron chi connectivity index (χ1n) is 8.58. The minimum absolute atomic E-state index is 0. The van der Waals surface area contributed by atoms with Crippen molar-refractivity contribution in [1.82, 2.24) is 15.1 Å². The molecule has 1 aromatic rings. The second kappa shape index (κ2) is 9.06. The Kier molecular flexibility index (Phi) is 7.08. The highest BCUT2D eigenvalue weighted by molar-refractivity contribution is 5.85. The van der Waals surface area contributed by atoms with Gasteiger partial charge in [-0.05, 0) is 24.9 Å². The predicted octanol–water partition coefficient (Wildman–Crippen LogP) is 1.89. The molecule has 0 saturated carbocycles. The Morgan fingerprint density at radius 1 is 1.28 bits per heavy atom. The second-order valence-electron chi connectivity index (χ2n) is 6.59. The molecule has 1 N–H and O–H groups in total. The van der Waals surface area contributed by atoms with Crippen molar-refractivity contribution in [3.8, 4) is 0 Å². The number of likely N-dealkylation sites (tertiary alicyclic amines) is 1. The van der Waals surface area contributed by atoms with Gasteiger partial charge in [0, 0.05) is 32.7 Å². The summed E-state index contributed by atoms with van der Waals surface area (Å²) in [4.78, 5) is 27.9. The van der Waals surface area contributed by atoms with Crippen LogP contribution in [0.5, 0.6) is 0 Å². The lowest BCUT2D eigenvalue weighted by molar-refractivity contribution is -0.141. The third-order valence-corrected chi connectivity index (χ3v) is 4.86. The molecular weight excluding hydrogens is 342 g/mol. The SMILES string of the molecule is CN(C(=O)C1CN(C(=O)OCc2ccccc2)C1)[C@@H]1CCCNC1.Cl. The first-order valence-corrected chi connectivity index (χ1v) is 8.58. The molecule has 2 fully saturated rings. The fraction of sp³-hybridized carbons (Fsp3) is 0.556. The van der Waals surface area contributed by atoms with Gasteiger partial charge in [-0.25, -0.2) is 4.79 Å². The molecule has 0 unspecified atom stereocenters. The van der Waals surface area contributed by atoms with Crippen LogP contribution in [0.15, 0.2) is 30.3 Å². The van der Waals surface area contributed by atoms with Gasteiger partial charge in [0.05, 0.1) is 5.92 Å². The van der Waals surface area contributed by atoms with Crippen molar-refractivity contribution in [1.29, 1.82) is 0 Å². The number of nitrogens with zero attached hydrogens (tertiary/aromatic N) is 2. The monoisotopic (exact) mass is 367 g/mol. The molecule has 6 nitrogen and oxygen atoms in total. The highest BCUT2D eigenvalue weighted by atomic mass is 35.5.